The maximum Gasteiger partial charge on any atom is 0.250 e. The highest BCUT2D eigenvalue weighted by Gasteiger charge is 2.06. The highest BCUT2D eigenvalue weighted by Crippen LogP contribution is 2.12. The molecular formula is C15H15N3O. The van der Waals surface area contributed by atoms with Crippen molar-refractivity contribution in [2.45, 2.75) is 0 Å². The van der Waals surface area contributed by atoms with Crippen molar-refractivity contribution in [1.82, 2.24) is 4.98 Å². The summed E-state index contributed by atoms with van der Waals surface area (Å²) in [6, 6.07) is 10.9. The van der Waals surface area contributed by atoms with Crippen molar-refractivity contribution >= 4 is 23.4 Å². The first kappa shape index (κ1) is 12.8. The van der Waals surface area contributed by atoms with Crippen molar-refractivity contribution in [2.75, 3.05) is 17.7 Å². The van der Waals surface area contributed by atoms with Crippen LogP contribution in [0.3, 0.4) is 0 Å². The number of pyridine rings is 1. The number of carbonyl (C=O) groups excluding carboxylic acids is 1. The number of nitrogens with zero attached hydrogens (tertiary/aromatic N) is 2. The molecule has 0 radical (unpaired) electrons. The molecule has 0 aliphatic heterocycles. The number of aromatic nitrogens is 1. The third kappa shape index (κ3) is 3.42. The molecule has 0 saturated heterocycles. The molecule has 96 valence electrons. The monoisotopic (exact) mass is 253 g/mol. The molecule has 1 amide bonds. The molecule has 1 aromatic carbocycles. The van der Waals surface area contributed by atoms with Gasteiger partial charge in [0.2, 0.25) is 0 Å². The highest BCUT2D eigenvalue weighted by atomic mass is 16.2. The first-order chi connectivity index (χ1) is 9.16. The van der Waals surface area contributed by atoms with Gasteiger partial charge in [0.15, 0.2) is 0 Å². The predicted octanol–water partition coefficient (Wildman–Crippen LogP) is 2.34. The number of benzene rings is 1. The number of nitrogen functional groups attached to an aromatic ring is 1. The average molecular weight is 253 g/mol. The lowest BCUT2D eigenvalue weighted by atomic mass is 10.2. The Labute approximate surface area is 112 Å². The van der Waals surface area contributed by atoms with Gasteiger partial charge in [0.05, 0.1) is 0 Å². The SMILES string of the molecule is CN(C(=O)/C=C/c1cccc(N)c1)c1ccncc1. The molecule has 0 bridgehead atoms. The van der Waals surface area contributed by atoms with Crippen LogP contribution in [-0.4, -0.2) is 17.9 Å². The van der Waals surface area contributed by atoms with Gasteiger partial charge >= 0.3 is 0 Å². The van der Waals surface area contributed by atoms with Crippen LogP contribution in [0.2, 0.25) is 0 Å². The molecule has 2 aromatic rings. The van der Waals surface area contributed by atoms with Gasteiger partial charge < -0.3 is 10.6 Å². The zero-order valence-electron chi connectivity index (χ0n) is 10.7. The van der Waals surface area contributed by atoms with Crippen molar-refractivity contribution in [3.63, 3.8) is 0 Å². The second kappa shape index (κ2) is 5.82. The van der Waals surface area contributed by atoms with E-state index in [9.17, 15) is 4.79 Å². The van der Waals surface area contributed by atoms with Gasteiger partial charge in [-0.25, -0.2) is 0 Å². The molecule has 0 fully saturated rings. The Morgan fingerprint density at radius 1 is 1.26 bits per heavy atom. The van der Waals surface area contributed by atoms with E-state index in [-0.39, 0.29) is 5.91 Å². The number of amides is 1. The molecule has 2 N–H and O–H groups in total. The summed E-state index contributed by atoms with van der Waals surface area (Å²) in [6.07, 6.45) is 6.58. The molecule has 0 spiro atoms. The minimum absolute atomic E-state index is 0.103. The molecule has 2 rings (SSSR count). The predicted molar refractivity (Wildman–Crippen MR) is 77.5 cm³/mol. The van der Waals surface area contributed by atoms with E-state index in [1.54, 1.807) is 42.6 Å². The third-order valence-corrected chi connectivity index (χ3v) is 2.71. The van der Waals surface area contributed by atoms with Gasteiger partial charge in [-0.1, -0.05) is 12.1 Å². The normalized spacial score (nSPS) is 10.6. The number of hydrogen-bond acceptors (Lipinski definition) is 3. The van der Waals surface area contributed by atoms with Crippen LogP contribution in [0.1, 0.15) is 5.56 Å². The van der Waals surface area contributed by atoms with Gasteiger partial charge in [0.25, 0.3) is 5.91 Å². The van der Waals surface area contributed by atoms with Gasteiger partial charge in [-0.15, -0.1) is 0 Å². The van der Waals surface area contributed by atoms with E-state index < -0.39 is 0 Å². The smallest absolute Gasteiger partial charge is 0.250 e. The minimum atomic E-state index is -0.103. The number of nitrogens with two attached hydrogens (primary N) is 1. The van der Waals surface area contributed by atoms with E-state index in [2.05, 4.69) is 4.98 Å². The summed E-state index contributed by atoms with van der Waals surface area (Å²) in [5.74, 6) is -0.103. The number of likely N-dealkylation sites (N-methyl/N-ethyl adjacent to an activating group) is 1. The first-order valence-corrected chi connectivity index (χ1v) is 5.88. The lowest BCUT2D eigenvalue weighted by molar-refractivity contribution is -0.113. The molecular weight excluding hydrogens is 238 g/mol. The van der Waals surface area contributed by atoms with E-state index in [4.69, 9.17) is 5.73 Å². The van der Waals surface area contributed by atoms with Crippen molar-refractivity contribution in [2.24, 2.45) is 0 Å². The minimum Gasteiger partial charge on any atom is -0.399 e. The maximum absolute atomic E-state index is 12.0. The van der Waals surface area contributed by atoms with Crippen LogP contribution >= 0.6 is 0 Å². The Hall–Kier alpha value is -2.62. The van der Waals surface area contributed by atoms with Gasteiger partial charge in [-0.3, -0.25) is 9.78 Å². The molecule has 1 aromatic heterocycles. The van der Waals surface area contributed by atoms with E-state index in [1.807, 2.05) is 24.3 Å². The topological polar surface area (TPSA) is 59.2 Å². The fourth-order valence-corrected chi connectivity index (χ4v) is 1.64. The summed E-state index contributed by atoms with van der Waals surface area (Å²) in [6.45, 7) is 0. The van der Waals surface area contributed by atoms with Gasteiger partial charge in [-0.05, 0) is 35.9 Å². The summed E-state index contributed by atoms with van der Waals surface area (Å²) in [5.41, 5.74) is 8.06. The molecule has 0 aliphatic carbocycles. The summed E-state index contributed by atoms with van der Waals surface area (Å²) in [4.78, 5) is 17.5. The summed E-state index contributed by atoms with van der Waals surface area (Å²) >= 11 is 0. The Kier molecular flexibility index (Phi) is 3.93. The van der Waals surface area contributed by atoms with Gasteiger partial charge in [0, 0.05) is 36.9 Å². The zero-order chi connectivity index (χ0) is 13.7. The molecule has 4 heteroatoms. The fourth-order valence-electron chi connectivity index (χ4n) is 1.64. The lowest BCUT2D eigenvalue weighted by Gasteiger charge is -2.14. The summed E-state index contributed by atoms with van der Waals surface area (Å²) < 4.78 is 0. The standard InChI is InChI=1S/C15H15N3O/c1-18(14-7-9-17-10-8-14)15(19)6-5-12-3-2-4-13(16)11-12/h2-11H,16H2,1H3/b6-5+. The Morgan fingerprint density at radius 2 is 2.00 bits per heavy atom. The summed E-state index contributed by atoms with van der Waals surface area (Å²) in [7, 11) is 1.72. The van der Waals surface area contributed by atoms with Crippen LogP contribution in [0, 0.1) is 0 Å². The Balaban J connectivity index is 2.09. The maximum atomic E-state index is 12.0. The van der Waals surface area contributed by atoms with Crippen LogP contribution in [0.5, 0.6) is 0 Å². The molecule has 4 nitrogen and oxygen atoms in total. The van der Waals surface area contributed by atoms with Crippen LogP contribution in [0.25, 0.3) is 6.08 Å². The number of rotatable bonds is 3. The second-order valence-electron chi connectivity index (χ2n) is 4.11. The van der Waals surface area contributed by atoms with Crippen LogP contribution in [0.4, 0.5) is 11.4 Å². The van der Waals surface area contributed by atoms with Crippen molar-refractivity contribution in [1.29, 1.82) is 0 Å². The molecule has 0 unspecified atom stereocenters. The van der Waals surface area contributed by atoms with Crippen LogP contribution < -0.4 is 10.6 Å². The molecule has 19 heavy (non-hydrogen) atoms. The van der Waals surface area contributed by atoms with Gasteiger partial charge in [-0.2, -0.15) is 0 Å². The number of anilines is 2. The third-order valence-electron chi connectivity index (χ3n) is 2.71. The second-order valence-corrected chi connectivity index (χ2v) is 4.11. The van der Waals surface area contributed by atoms with Crippen molar-refractivity contribution < 1.29 is 4.79 Å². The number of hydrogen-bond donors (Lipinski definition) is 1. The molecule has 1 heterocycles. The quantitative estimate of drug-likeness (QED) is 0.674. The molecule has 0 atom stereocenters. The largest absolute Gasteiger partial charge is 0.399 e. The highest BCUT2D eigenvalue weighted by molar-refractivity contribution is 6.03. The number of carbonyl (C=O) groups is 1. The fraction of sp³-hybridized carbons (Fsp3) is 0.0667. The van der Waals surface area contributed by atoms with E-state index >= 15 is 0 Å². The lowest BCUT2D eigenvalue weighted by Crippen LogP contribution is -2.23. The molecule has 0 saturated carbocycles. The van der Waals surface area contributed by atoms with E-state index in [0.717, 1.165) is 11.3 Å². The van der Waals surface area contributed by atoms with Crippen LogP contribution in [-0.2, 0) is 4.79 Å². The Bertz CT molecular complexity index is 593. The van der Waals surface area contributed by atoms with Crippen molar-refractivity contribution in [3.05, 3.63) is 60.4 Å². The van der Waals surface area contributed by atoms with Crippen LogP contribution in [0.15, 0.2) is 54.9 Å². The Morgan fingerprint density at radius 3 is 2.68 bits per heavy atom. The van der Waals surface area contributed by atoms with Crippen molar-refractivity contribution in [3.8, 4) is 0 Å². The summed E-state index contributed by atoms with van der Waals surface area (Å²) in [5, 5.41) is 0. The van der Waals surface area contributed by atoms with E-state index in [0.29, 0.717) is 5.69 Å². The first-order valence-electron chi connectivity index (χ1n) is 5.88. The van der Waals surface area contributed by atoms with E-state index in [1.165, 1.54) is 6.08 Å². The van der Waals surface area contributed by atoms with Gasteiger partial charge in [0.1, 0.15) is 0 Å². The zero-order valence-corrected chi connectivity index (χ0v) is 10.7. The molecule has 0 aliphatic rings. The average Bonchev–Trinajstić information content (AvgIpc) is 2.45.